The second kappa shape index (κ2) is 5.61. The van der Waals surface area contributed by atoms with Crippen molar-refractivity contribution in [1.82, 2.24) is 0 Å². The van der Waals surface area contributed by atoms with Gasteiger partial charge in [0.05, 0.1) is 12.5 Å². The third kappa shape index (κ3) is 4.45. The van der Waals surface area contributed by atoms with Crippen molar-refractivity contribution < 1.29 is 17.9 Å². The van der Waals surface area contributed by atoms with E-state index < -0.39 is 10.0 Å². The van der Waals surface area contributed by atoms with Crippen molar-refractivity contribution in [2.45, 2.75) is 37.0 Å². The predicted molar refractivity (Wildman–Crippen MR) is 65.2 cm³/mol. The van der Waals surface area contributed by atoms with E-state index in [9.17, 15) is 13.2 Å². The van der Waals surface area contributed by atoms with Crippen LogP contribution >= 0.6 is 11.3 Å². The van der Waals surface area contributed by atoms with Crippen molar-refractivity contribution in [3.63, 3.8) is 0 Å². The zero-order valence-electron chi connectivity index (χ0n) is 9.67. The molecule has 0 aromatic carbocycles. The molecule has 1 aromatic heterocycles. The summed E-state index contributed by atoms with van der Waals surface area (Å²) in [5, 5.41) is 4.97. The fraction of sp³-hybridized carbons (Fsp3) is 0.500. The van der Waals surface area contributed by atoms with Crippen LogP contribution in [0, 0.1) is 0 Å². The molecule has 0 bridgehead atoms. The number of ether oxygens (including phenoxy) is 1. The average molecular weight is 277 g/mol. The molecule has 0 radical (unpaired) electrons. The summed E-state index contributed by atoms with van der Waals surface area (Å²) in [6.45, 7) is 3.73. The van der Waals surface area contributed by atoms with E-state index >= 15 is 0 Å². The molecular weight excluding hydrogens is 262 g/mol. The highest BCUT2D eigenvalue weighted by molar-refractivity contribution is 7.91. The van der Waals surface area contributed by atoms with Crippen molar-refractivity contribution >= 4 is 27.3 Å². The number of rotatable bonds is 5. The Labute approximate surface area is 105 Å². The van der Waals surface area contributed by atoms with Crippen LogP contribution in [0.15, 0.2) is 16.3 Å². The number of hydrogen-bond donors (Lipinski definition) is 1. The van der Waals surface area contributed by atoms with E-state index in [-0.39, 0.29) is 22.7 Å². The minimum atomic E-state index is -3.68. The average Bonchev–Trinajstić information content (AvgIpc) is 2.65. The Balaban J connectivity index is 2.64. The number of carbonyl (C=O) groups excluding carboxylic acids is 1. The Morgan fingerprint density at radius 1 is 1.53 bits per heavy atom. The molecule has 5 nitrogen and oxygen atoms in total. The molecule has 0 saturated heterocycles. The first-order chi connectivity index (χ1) is 7.82. The highest BCUT2D eigenvalue weighted by Gasteiger charge is 2.14. The molecule has 1 rings (SSSR count). The van der Waals surface area contributed by atoms with Gasteiger partial charge in [0.15, 0.2) is 0 Å². The first-order valence-electron chi connectivity index (χ1n) is 5.14. The molecule has 96 valence electrons. The van der Waals surface area contributed by atoms with E-state index in [2.05, 4.69) is 0 Å². The first kappa shape index (κ1) is 14.1. The Kier molecular flexibility index (Phi) is 4.67. The number of carbonyl (C=O) groups is 1. The maximum atomic E-state index is 11.4. The predicted octanol–water partition coefficient (Wildman–Crippen LogP) is 1.28. The van der Waals surface area contributed by atoms with Crippen molar-refractivity contribution in [3.05, 3.63) is 17.0 Å². The van der Waals surface area contributed by atoms with Gasteiger partial charge in [-0.15, -0.1) is 11.3 Å². The quantitative estimate of drug-likeness (QED) is 0.821. The van der Waals surface area contributed by atoms with E-state index in [1.54, 1.807) is 6.07 Å². The second-order valence-corrected chi connectivity index (χ2v) is 6.61. The molecule has 0 amide bonds. The summed E-state index contributed by atoms with van der Waals surface area (Å²) >= 11 is 0.989. The lowest BCUT2D eigenvalue weighted by Gasteiger charge is -2.09. The second-order valence-electron chi connectivity index (χ2n) is 3.65. The summed E-state index contributed by atoms with van der Waals surface area (Å²) in [4.78, 5) is 12.1. The van der Waals surface area contributed by atoms with Gasteiger partial charge in [0, 0.05) is 4.88 Å². The van der Waals surface area contributed by atoms with Gasteiger partial charge in [-0.25, -0.2) is 13.6 Å². The van der Waals surface area contributed by atoms with Crippen LogP contribution in [0.3, 0.4) is 0 Å². The summed E-state index contributed by atoms with van der Waals surface area (Å²) in [5.74, 6) is -0.359. The first-order valence-corrected chi connectivity index (χ1v) is 7.50. The van der Waals surface area contributed by atoms with E-state index in [0.717, 1.165) is 17.8 Å². The molecule has 1 aromatic rings. The van der Waals surface area contributed by atoms with Crippen LogP contribution in [0.1, 0.15) is 25.1 Å². The lowest BCUT2D eigenvalue weighted by atomic mass is 10.3. The van der Waals surface area contributed by atoms with Crippen LogP contribution in [0.25, 0.3) is 0 Å². The minimum absolute atomic E-state index is 0.0591. The normalized spacial score (nSPS) is 13.4. The van der Waals surface area contributed by atoms with Crippen molar-refractivity contribution in [3.8, 4) is 0 Å². The monoisotopic (exact) mass is 277 g/mol. The summed E-state index contributed by atoms with van der Waals surface area (Å²) < 4.78 is 27.2. The standard InChI is InChI=1S/C10H15NO4S2/c1-3-7(2)15-9(12)6-8-4-5-10(16-8)17(11,13)14/h4-5,7H,3,6H2,1-2H3,(H2,11,13,14). The lowest BCUT2D eigenvalue weighted by molar-refractivity contribution is -0.147. The molecule has 0 spiro atoms. The number of thiophene rings is 1. The smallest absolute Gasteiger partial charge is 0.311 e. The van der Waals surface area contributed by atoms with Gasteiger partial charge in [-0.2, -0.15) is 0 Å². The number of hydrogen-bond acceptors (Lipinski definition) is 5. The molecular formula is C10H15NO4S2. The summed E-state index contributed by atoms with van der Waals surface area (Å²) in [6.07, 6.45) is 0.698. The van der Waals surface area contributed by atoms with Gasteiger partial charge in [-0.05, 0) is 25.5 Å². The Bertz CT molecular complexity index is 492. The molecule has 0 aliphatic rings. The number of nitrogens with two attached hydrogens (primary N) is 1. The van der Waals surface area contributed by atoms with Crippen LogP contribution < -0.4 is 5.14 Å². The third-order valence-electron chi connectivity index (χ3n) is 2.14. The van der Waals surface area contributed by atoms with E-state index in [1.807, 2.05) is 13.8 Å². The van der Waals surface area contributed by atoms with Crippen LogP contribution in [-0.2, 0) is 26.0 Å². The molecule has 7 heteroatoms. The molecule has 0 saturated carbocycles. The number of esters is 1. The van der Waals surface area contributed by atoms with Gasteiger partial charge in [-0.1, -0.05) is 6.92 Å². The van der Waals surface area contributed by atoms with E-state index in [4.69, 9.17) is 9.88 Å². The highest BCUT2D eigenvalue weighted by atomic mass is 32.2. The maximum absolute atomic E-state index is 11.4. The van der Waals surface area contributed by atoms with Gasteiger partial charge in [0.25, 0.3) is 0 Å². The van der Waals surface area contributed by atoms with Crippen molar-refractivity contribution in [2.75, 3.05) is 0 Å². The summed E-state index contributed by atoms with van der Waals surface area (Å²) in [7, 11) is -3.68. The van der Waals surface area contributed by atoms with Crippen molar-refractivity contribution in [2.24, 2.45) is 5.14 Å². The van der Waals surface area contributed by atoms with Crippen LogP contribution in [0.4, 0.5) is 0 Å². The van der Waals surface area contributed by atoms with Gasteiger partial charge in [-0.3, -0.25) is 4.79 Å². The topological polar surface area (TPSA) is 86.5 Å². The molecule has 0 aliphatic carbocycles. The third-order valence-corrected chi connectivity index (χ3v) is 4.67. The number of primary sulfonamides is 1. The van der Waals surface area contributed by atoms with E-state index in [0.29, 0.717) is 4.88 Å². The van der Waals surface area contributed by atoms with Crippen LogP contribution in [0.5, 0.6) is 0 Å². The SMILES string of the molecule is CCC(C)OC(=O)Cc1ccc(S(N)(=O)=O)s1. The zero-order valence-corrected chi connectivity index (χ0v) is 11.3. The molecule has 17 heavy (non-hydrogen) atoms. The van der Waals surface area contributed by atoms with Crippen LogP contribution in [0.2, 0.25) is 0 Å². The maximum Gasteiger partial charge on any atom is 0.311 e. The molecule has 1 unspecified atom stereocenters. The largest absolute Gasteiger partial charge is 0.462 e. The molecule has 0 aliphatic heterocycles. The fourth-order valence-electron chi connectivity index (χ4n) is 1.10. The Hall–Kier alpha value is -0.920. The fourth-order valence-corrected chi connectivity index (χ4v) is 2.86. The zero-order chi connectivity index (χ0) is 13.1. The van der Waals surface area contributed by atoms with Gasteiger partial charge in [0.1, 0.15) is 4.21 Å². The molecule has 1 heterocycles. The van der Waals surface area contributed by atoms with Gasteiger partial charge < -0.3 is 4.74 Å². The highest BCUT2D eigenvalue weighted by Crippen LogP contribution is 2.21. The van der Waals surface area contributed by atoms with Gasteiger partial charge >= 0.3 is 5.97 Å². The number of sulfonamides is 1. The Morgan fingerprint density at radius 2 is 2.18 bits per heavy atom. The Morgan fingerprint density at radius 3 is 2.65 bits per heavy atom. The lowest BCUT2D eigenvalue weighted by Crippen LogP contribution is -2.15. The van der Waals surface area contributed by atoms with E-state index in [1.165, 1.54) is 6.07 Å². The minimum Gasteiger partial charge on any atom is -0.462 e. The van der Waals surface area contributed by atoms with Crippen molar-refractivity contribution in [1.29, 1.82) is 0 Å². The molecule has 0 fully saturated rings. The summed E-state index contributed by atoms with van der Waals surface area (Å²) in [5.41, 5.74) is 0. The molecule has 2 N–H and O–H groups in total. The molecule has 1 atom stereocenters. The van der Waals surface area contributed by atoms with Crippen LogP contribution in [-0.4, -0.2) is 20.5 Å². The van der Waals surface area contributed by atoms with Gasteiger partial charge in [0.2, 0.25) is 10.0 Å². The summed E-state index contributed by atoms with van der Waals surface area (Å²) in [6, 6.07) is 2.97.